The van der Waals surface area contributed by atoms with Gasteiger partial charge in [0.15, 0.2) is 0 Å². The predicted octanol–water partition coefficient (Wildman–Crippen LogP) is 1.88. The number of hydrogen-bond acceptors (Lipinski definition) is 3. The van der Waals surface area contributed by atoms with Crippen LogP contribution in [0, 0.1) is 6.92 Å². The fraction of sp³-hybridized carbons (Fsp3) is 0.545. The highest BCUT2D eigenvalue weighted by Gasteiger charge is 2.00. The molecular weight excluding hydrogens is 208 g/mol. The highest BCUT2D eigenvalue weighted by Crippen LogP contribution is 2.07. The van der Waals surface area contributed by atoms with Crippen LogP contribution in [-0.2, 0) is 6.54 Å². The van der Waals surface area contributed by atoms with Gasteiger partial charge >= 0.3 is 0 Å². The fourth-order valence-corrected chi connectivity index (χ4v) is 1.96. The van der Waals surface area contributed by atoms with Crippen LogP contribution < -0.4 is 11.3 Å². The van der Waals surface area contributed by atoms with E-state index >= 15 is 0 Å². The first-order valence-corrected chi connectivity index (χ1v) is 6.35. The quantitative estimate of drug-likeness (QED) is 0.780. The van der Waals surface area contributed by atoms with Gasteiger partial charge in [-0.2, -0.15) is 11.8 Å². The van der Waals surface area contributed by atoms with Crippen molar-refractivity contribution in [2.24, 2.45) is 0 Å². The van der Waals surface area contributed by atoms with Gasteiger partial charge in [-0.1, -0.05) is 6.92 Å². The smallest absolute Gasteiger partial charge is 0.250 e. The van der Waals surface area contributed by atoms with E-state index in [-0.39, 0.29) is 5.56 Å². The Hall–Kier alpha value is -0.900. The largest absolute Gasteiger partial charge is 0.397 e. The molecule has 1 aromatic rings. The van der Waals surface area contributed by atoms with Gasteiger partial charge in [-0.25, -0.2) is 0 Å². The summed E-state index contributed by atoms with van der Waals surface area (Å²) in [6.07, 6.45) is 2.76. The first kappa shape index (κ1) is 12.2. The molecule has 1 heterocycles. The first-order chi connectivity index (χ1) is 7.15. The van der Waals surface area contributed by atoms with Gasteiger partial charge in [0.05, 0.1) is 5.69 Å². The van der Waals surface area contributed by atoms with Gasteiger partial charge in [0.25, 0.3) is 5.56 Å². The van der Waals surface area contributed by atoms with Gasteiger partial charge in [0.1, 0.15) is 0 Å². The summed E-state index contributed by atoms with van der Waals surface area (Å²) >= 11 is 1.89. The molecule has 0 saturated carbocycles. The van der Waals surface area contributed by atoms with Crippen molar-refractivity contribution in [2.75, 3.05) is 17.2 Å². The number of nitrogens with two attached hydrogens (primary N) is 1. The van der Waals surface area contributed by atoms with Crippen molar-refractivity contribution in [3.05, 3.63) is 28.2 Å². The van der Waals surface area contributed by atoms with E-state index in [4.69, 9.17) is 5.73 Å². The number of pyridine rings is 1. The summed E-state index contributed by atoms with van der Waals surface area (Å²) in [7, 11) is 0. The summed E-state index contributed by atoms with van der Waals surface area (Å²) in [5.41, 5.74) is 7.35. The van der Waals surface area contributed by atoms with Crippen molar-refractivity contribution < 1.29 is 0 Å². The summed E-state index contributed by atoms with van der Waals surface area (Å²) in [6.45, 7) is 4.75. The van der Waals surface area contributed by atoms with E-state index in [0.29, 0.717) is 5.69 Å². The summed E-state index contributed by atoms with van der Waals surface area (Å²) in [6, 6.07) is 1.60. The van der Waals surface area contributed by atoms with Crippen LogP contribution in [0.5, 0.6) is 0 Å². The Balaban J connectivity index is 2.61. The average Bonchev–Trinajstić information content (AvgIpc) is 2.20. The number of anilines is 1. The molecule has 0 amide bonds. The maximum atomic E-state index is 11.6. The first-order valence-electron chi connectivity index (χ1n) is 5.19. The van der Waals surface area contributed by atoms with Crippen LogP contribution in [0.3, 0.4) is 0 Å². The molecule has 0 aliphatic carbocycles. The molecule has 0 atom stereocenters. The van der Waals surface area contributed by atoms with E-state index in [1.807, 2.05) is 18.7 Å². The van der Waals surface area contributed by atoms with E-state index in [0.717, 1.165) is 30.0 Å². The molecule has 4 heteroatoms. The van der Waals surface area contributed by atoms with E-state index in [2.05, 4.69) is 6.92 Å². The molecule has 3 nitrogen and oxygen atoms in total. The summed E-state index contributed by atoms with van der Waals surface area (Å²) in [5, 5.41) is 0. The van der Waals surface area contributed by atoms with Crippen LogP contribution in [0.15, 0.2) is 17.1 Å². The van der Waals surface area contributed by atoms with Crippen molar-refractivity contribution in [2.45, 2.75) is 26.8 Å². The Morgan fingerprint density at radius 2 is 2.27 bits per heavy atom. The minimum Gasteiger partial charge on any atom is -0.397 e. The molecule has 0 aliphatic heterocycles. The number of aryl methyl sites for hydroxylation is 2. The predicted molar refractivity (Wildman–Crippen MR) is 67.5 cm³/mol. The van der Waals surface area contributed by atoms with Crippen LogP contribution in [-0.4, -0.2) is 16.1 Å². The topological polar surface area (TPSA) is 48.0 Å². The second-order valence-electron chi connectivity index (χ2n) is 3.49. The van der Waals surface area contributed by atoms with Crippen molar-refractivity contribution >= 4 is 17.4 Å². The zero-order valence-electron chi connectivity index (χ0n) is 9.32. The summed E-state index contributed by atoms with van der Waals surface area (Å²) < 4.78 is 1.69. The minimum absolute atomic E-state index is 0.0446. The van der Waals surface area contributed by atoms with Crippen LogP contribution in [0.4, 0.5) is 5.69 Å². The van der Waals surface area contributed by atoms with Gasteiger partial charge in [-0.15, -0.1) is 0 Å². The van der Waals surface area contributed by atoms with Crippen LogP contribution in [0.2, 0.25) is 0 Å². The standard InChI is InChI=1S/C11H18N2OS/c1-3-15-6-4-5-13-8-10(12)9(2)7-11(13)14/h7-8H,3-6,12H2,1-2H3. The van der Waals surface area contributed by atoms with E-state index in [1.165, 1.54) is 0 Å². The highest BCUT2D eigenvalue weighted by atomic mass is 32.2. The van der Waals surface area contributed by atoms with Crippen molar-refractivity contribution in [1.29, 1.82) is 0 Å². The summed E-state index contributed by atoms with van der Waals surface area (Å²) in [5.74, 6) is 2.22. The SMILES string of the molecule is CCSCCCn1cc(N)c(C)cc1=O. The summed E-state index contributed by atoms with van der Waals surface area (Å²) in [4.78, 5) is 11.6. The molecule has 84 valence electrons. The molecule has 15 heavy (non-hydrogen) atoms. The van der Waals surface area contributed by atoms with Crippen LogP contribution >= 0.6 is 11.8 Å². The zero-order valence-corrected chi connectivity index (χ0v) is 10.1. The second kappa shape index (κ2) is 5.85. The fourth-order valence-electron chi connectivity index (χ4n) is 1.34. The molecular formula is C11H18N2OS. The minimum atomic E-state index is 0.0446. The van der Waals surface area contributed by atoms with Gasteiger partial charge in [-0.3, -0.25) is 4.79 Å². The van der Waals surface area contributed by atoms with Crippen LogP contribution in [0.25, 0.3) is 0 Å². The lowest BCUT2D eigenvalue weighted by molar-refractivity contribution is 0.659. The highest BCUT2D eigenvalue weighted by molar-refractivity contribution is 7.99. The number of nitrogens with zero attached hydrogens (tertiary/aromatic N) is 1. The molecule has 1 rings (SSSR count). The number of nitrogen functional groups attached to an aromatic ring is 1. The Morgan fingerprint density at radius 3 is 2.93 bits per heavy atom. The molecule has 2 N–H and O–H groups in total. The third-order valence-corrected chi connectivity index (χ3v) is 3.25. The molecule has 0 spiro atoms. The lowest BCUT2D eigenvalue weighted by atomic mass is 10.2. The maximum absolute atomic E-state index is 11.6. The van der Waals surface area contributed by atoms with E-state index in [1.54, 1.807) is 16.8 Å². The molecule has 0 radical (unpaired) electrons. The Labute approximate surface area is 94.7 Å². The second-order valence-corrected chi connectivity index (χ2v) is 4.89. The zero-order chi connectivity index (χ0) is 11.3. The number of hydrogen-bond donors (Lipinski definition) is 1. The third-order valence-electron chi connectivity index (χ3n) is 2.27. The van der Waals surface area contributed by atoms with E-state index in [9.17, 15) is 4.79 Å². The molecule has 0 fully saturated rings. The maximum Gasteiger partial charge on any atom is 0.250 e. The average molecular weight is 226 g/mol. The van der Waals surface area contributed by atoms with Gasteiger partial charge in [-0.05, 0) is 30.4 Å². The molecule has 1 aromatic heterocycles. The molecule has 0 aromatic carbocycles. The third kappa shape index (κ3) is 3.63. The van der Waals surface area contributed by atoms with Gasteiger partial charge in [0.2, 0.25) is 0 Å². The number of rotatable bonds is 5. The van der Waals surface area contributed by atoms with Crippen molar-refractivity contribution in [3.63, 3.8) is 0 Å². The molecule has 0 saturated heterocycles. The Kier molecular flexibility index (Phi) is 4.75. The Morgan fingerprint density at radius 1 is 1.53 bits per heavy atom. The lowest BCUT2D eigenvalue weighted by Gasteiger charge is -2.07. The monoisotopic (exact) mass is 226 g/mol. The number of thioether (sulfide) groups is 1. The molecule has 0 aliphatic rings. The normalized spacial score (nSPS) is 10.5. The Bertz CT molecular complexity index is 373. The van der Waals surface area contributed by atoms with Gasteiger partial charge < -0.3 is 10.3 Å². The number of aromatic nitrogens is 1. The van der Waals surface area contributed by atoms with Gasteiger partial charge in [0, 0.05) is 18.8 Å². The van der Waals surface area contributed by atoms with Crippen molar-refractivity contribution in [3.8, 4) is 0 Å². The molecule has 0 bridgehead atoms. The van der Waals surface area contributed by atoms with E-state index < -0.39 is 0 Å². The van der Waals surface area contributed by atoms with Crippen molar-refractivity contribution in [1.82, 2.24) is 4.57 Å². The van der Waals surface area contributed by atoms with Crippen LogP contribution in [0.1, 0.15) is 18.9 Å². The molecule has 0 unspecified atom stereocenters. The lowest BCUT2D eigenvalue weighted by Crippen LogP contribution is -2.20.